The molecule has 0 bridgehead atoms. The van der Waals surface area contributed by atoms with Gasteiger partial charge in [-0.05, 0) is 55.3 Å². The summed E-state index contributed by atoms with van der Waals surface area (Å²) >= 11 is 0. The van der Waals surface area contributed by atoms with Crippen LogP contribution in [0, 0.1) is 11.3 Å². The molecule has 0 saturated carbocycles. The summed E-state index contributed by atoms with van der Waals surface area (Å²) < 4.78 is 38.5. The second kappa shape index (κ2) is 9.72. The molecule has 1 aromatic carbocycles. The van der Waals surface area contributed by atoms with E-state index >= 15 is 0 Å². The zero-order valence-electron chi connectivity index (χ0n) is 17.0. The molecule has 0 atom stereocenters. The molecule has 0 unspecified atom stereocenters. The van der Waals surface area contributed by atoms with Gasteiger partial charge in [-0.2, -0.15) is 13.2 Å². The first-order chi connectivity index (χ1) is 14.7. The summed E-state index contributed by atoms with van der Waals surface area (Å²) in [5.41, 5.74) is 8.64. The summed E-state index contributed by atoms with van der Waals surface area (Å²) in [5.74, 6) is -1.60. The first-order valence-corrected chi connectivity index (χ1v) is 10.1. The molecule has 31 heavy (non-hydrogen) atoms. The van der Waals surface area contributed by atoms with Crippen molar-refractivity contribution in [3.05, 3.63) is 60.0 Å². The Morgan fingerprint density at radius 2 is 1.87 bits per heavy atom. The van der Waals surface area contributed by atoms with Gasteiger partial charge in [-0.25, -0.2) is 0 Å². The highest BCUT2D eigenvalue weighted by Gasteiger charge is 2.41. The number of piperidine rings is 1. The van der Waals surface area contributed by atoms with Crippen LogP contribution in [-0.2, 0) is 4.79 Å². The quantitative estimate of drug-likeness (QED) is 0.493. The third kappa shape index (κ3) is 6.37. The van der Waals surface area contributed by atoms with E-state index in [-0.39, 0.29) is 19.3 Å². The van der Waals surface area contributed by atoms with Crippen molar-refractivity contribution in [1.29, 1.82) is 5.41 Å². The predicted octanol–water partition coefficient (Wildman–Crippen LogP) is 3.70. The maximum absolute atomic E-state index is 12.8. The number of carbonyl (C=O) groups is 1. The average molecular weight is 433 g/mol. The number of nitrogens with zero attached hydrogens (tertiary/aromatic N) is 1. The predicted molar refractivity (Wildman–Crippen MR) is 116 cm³/mol. The number of amides is 1. The third-order valence-corrected chi connectivity index (χ3v) is 5.30. The Bertz CT molecular complexity index is 895. The molecule has 1 heterocycles. The fourth-order valence-electron chi connectivity index (χ4n) is 3.52. The minimum Gasteiger partial charge on any atom is -0.390 e. The van der Waals surface area contributed by atoms with Gasteiger partial charge >= 0.3 is 6.18 Å². The van der Waals surface area contributed by atoms with Gasteiger partial charge in [-0.15, -0.1) is 0 Å². The number of nitrogens with two attached hydrogens (primary N) is 1. The molecule has 0 aromatic heterocycles. The highest BCUT2D eigenvalue weighted by Crippen LogP contribution is 2.35. The van der Waals surface area contributed by atoms with E-state index in [9.17, 15) is 18.0 Å². The summed E-state index contributed by atoms with van der Waals surface area (Å²) in [4.78, 5) is 12.8. The number of primary amides is 1. The van der Waals surface area contributed by atoms with Crippen molar-refractivity contribution in [3.8, 4) is 0 Å². The summed E-state index contributed by atoms with van der Waals surface area (Å²) in [6, 6.07) is 7.56. The molecule has 0 spiro atoms. The van der Waals surface area contributed by atoms with Crippen LogP contribution in [0.4, 0.5) is 24.5 Å². The zero-order chi connectivity index (χ0) is 22.4. The molecule has 166 valence electrons. The number of anilines is 2. The normalized spacial score (nSPS) is 18.8. The zero-order valence-corrected chi connectivity index (χ0v) is 17.0. The smallest absolute Gasteiger partial charge is 0.390 e. The lowest BCUT2D eigenvalue weighted by atomic mass is 9.96. The monoisotopic (exact) mass is 433 g/mol. The lowest BCUT2D eigenvalue weighted by molar-refractivity contribution is -0.179. The van der Waals surface area contributed by atoms with Crippen LogP contribution in [0.2, 0.25) is 0 Å². The molecule has 0 radical (unpaired) electrons. The molecule has 1 amide bonds. The number of halogens is 3. The summed E-state index contributed by atoms with van der Waals surface area (Å²) in [7, 11) is 0. The van der Waals surface area contributed by atoms with Gasteiger partial charge in [0.25, 0.3) is 0 Å². The highest BCUT2D eigenvalue weighted by molar-refractivity contribution is 6.09. The number of nitrogens with one attached hydrogen (secondary N) is 3. The molecule has 2 aliphatic rings. The first-order valence-electron chi connectivity index (χ1n) is 10.1. The third-order valence-electron chi connectivity index (χ3n) is 5.30. The molecule has 3 rings (SSSR count). The van der Waals surface area contributed by atoms with Crippen LogP contribution in [0.3, 0.4) is 0 Å². The van der Waals surface area contributed by atoms with Gasteiger partial charge in [0, 0.05) is 54.9 Å². The SMILES string of the molecule is N=C1C=CC(Nc2ccc(N3CCC(C(F)(F)F)CC3)cc2)=C/C1=C/NCCC(N)=O. The average Bonchev–Trinajstić information content (AvgIpc) is 2.73. The molecule has 1 saturated heterocycles. The summed E-state index contributed by atoms with van der Waals surface area (Å²) in [5, 5.41) is 14.2. The Kier molecular flexibility index (Phi) is 7.04. The van der Waals surface area contributed by atoms with Crippen LogP contribution in [0.1, 0.15) is 19.3 Å². The van der Waals surface area contributed by atoms with Crippen molar-refractivity contribution in [2.45, 2.75) is 25.4 Å². The van der Waals surface area contributed by atoms with Crippen LogP contribution in [0.25, 0.3) is 0 Å². The number of carbonyl (C=O) groups excluding carboxylic acids is 1. The Balaban J connectivity index is 1.57. The van der Waals surface area contributed by atoms with Crippen LogP contribution in [0.15, 0.2) is 60.0 Å². The number of hydrogen-bond acceptors (Lipinski definition) is 5. The molecule has 1 aromatic rings. The highest BCUT2D eigenvalue weighted by atomic mass is 19.4. The molecule has 1 aliphatic carbocycles. The van der Waals surface area contributed by atoms with Crippen molar-refractivity contribution in [3.63, 3.8) is 0 Å². The van der Waals surface area contributed by atoms with Crippen LogP contribution in [-0.4, -0.2) is 37.4 Å². The van der Waals surface area contributed by atoms with Crippen molar-refractivity contribution < 1.29 is 18.0 Å². The van der Waals surface area contributed by atoms with Gasteiger partial charge in [0.1, 0.15) is 0 Å². The number of benzene rings is 1. The van der Waals surface area contributed by atoms with Gasteiger partial charge in [0.15, 0.2) is 0 Å². The fourth-order valence-corrected chi connectivity index (χ4v) is 3.52. The van der Waals surface area contributed by atoms with E-state index in [1.807, 2.05) is 35.2 Å². The molecule has 1 aliphatic heterocycles. The van der Waals surface area contributed by atoms with E-state index in [1.165, 1.54) is 0 Å². The molecule has 6 nitrogen and oxygen atoms in total. The van der Waals surface area contributed by atoms with Gasteiger partial charge < -0.3 is 26.7 Å². The van der Waals surface area contributed by atoms with Crippen LogP contribution >= 0.6 is 0 Å². The Hall–Kier alpha value is -3.23. The number of allylic oxidation sites excluding steroid dienone is 4. The maximum atomic E-state index is 12.8. The van der Waals surface area contributed by atoms with Crippen molar-refractivity contribution >= 4 is 23.0 Å². The van der Waals surface area contributed by atoms with Gasteiger partial charge in [0.05, 0.1) is 11.6 Å². The van der Waals surface area contributed by atoms with Gasteiger partial charge in [0.2, 0.25) is 5.91 Å². The van der Waals surface area contributed by atoms with Crippen LogP contribution < -0.4 is 21.3 Å². The molecule has 9 heteroatoms. The standard InChI is InChI=1S/C22H26F3N5O/c23-22(24,25)16-8-11-30(12-9-16)19-4-1-17(2-5-19)29-18-3-6-20(26)15(13-18)14-28-10-7-21(27)31/h1-6,13-14,16,26,28-29H,7-12H2,(H2,27,31)/b15-14-,26-20?. The molecule has 1 fully saturated rings. The Morgan fingerprint density at radius 3 is 2.48 bits per heavy atom. The van der Waals surface area contributed by atoms with Gasteiger partial charge in [-0.3, -0.25) is 4.79 Å². The fraction of sp³-hybridized carbons (Fsp3) is 0.364. The second-order valence-corrected chi connectivity index (χ2v) is 7.59. The van der Waals surface area contributed by atoms with Gasteiger partial charge in [-0.1, -0.05) is 0 Å². The Labute approximate surface area is 179 Å². The van der Waals surface area contributed by atoms with E-state index in [4.69, 9.17) is 11.1 Å². The lowest BCUT2D eigenvalue weighted by Gasteiger charge is -2.34. The van der Waals surface area contributed by atoms with E-state index in [0.29, 0.717) is 30.9 Å². The number of rotatable bonds is 7. The lowest BCUT2D eigenvalue weighted by Crippen LogP contribution is -2.38. The van der Waals surface area contributed by atoms with Crippen LogP contribution in [0.5, 0.6) is 0 Å². The summed E-state index contributed by atoms with van der Waals surface area (Å²) in [6.07, 6.45) is 3.29. The number of hydrogen-bond donors (Lipinski definition) is 4. The van der Waals surface area contributed by atoms with E-state index in [1.54, 1.807) is 18.4 Å². The molecular formula is C22H26F3N5O. The number of alkyl halides is 3. The Morgan fingerprint density at radius 1 is 1.19 bits per heavy atom. The molecular weight excluding hydrogens is 407 g/mol. The van der Waals surface area contributed by atoms with E-state index in [2.05, 4.69) is 10.6 Å². The van der Waals surface area contributed by atoms with Crippen molar-refractivity contribution in [2.24, 2.45) is 11.7 Å². The largest absolute Gasteiger partial charge is 0.391 e. The minimum atomic E-state index is -4.11. The molecule has 5 N–H and O–H groups in total. The van der Waals surface area contributed by atoms with Crippen molar-refractivity contribution in [2.75, 3.05) is 29.9 Å². The van der Waals surface area contributed by atoms with E-state index < -0.39 is 18.0 Å². The first kappa shape index (κ1) is 22.5. The minimum absolute atomic E-state index is 0.121. The maximum Gasteiger partial charge on any atom is 0.391 e. The van der Waals surface area contributed by atoms with Crippen molar-refractivity contribution in [1.82, 2.24) is 5.32 Å². The van der Waals surface area contributed by atoms with E-state index in [0.717, 1.165) is 17.1 Å². The second-order valence-electron chi connectivity index (χ2n) is 7.59. The topological polar surface area (TPSA) is 94.2 Å². The summed E-state index contributed by atoms with van der Waals surface area (Å²) in [6.45, 7) is 1.18.